The first kappa shape index (κ1) is 11.5. The van der Waals surface area contributed by atoms with Crippen LogP contribution in [-0.4, -0.2) is 6.61 Å². The molecule has 88 valence electrons. The van der Waals surface area contributed by atoms with Gasteiger partial charge in [0.2, 0.25) is 0 Å². The van der Waals surface area contributed by atoms with E-state index in [0.29, 0.717) is 6.61 Å². The summed E-state index contributed by atoms with van der Waals surface area (Å²) in [5.41, 5.74) is 10.3. The molecular weight excluding hydrogens is 210 g/mol. The summed E-state index contributed by atoms with van der Waals surface area (Å²) < 4.78 is 5.43. The van der Waals surface area contributed by atoms with Crippen LogP contribution in [0.25, 0.3) is 11.1 Å². The van der Waals surface area contributed by atoms with Gasteiger partial charge in [0.25, 0.3) is 0 Å². The molecule has 2 rings (SSSR count). The summed E-state index contributed by atoms with van der Waals surface area (Å²) in [6.45, 7) is 4.71. The Labute approximate surface area is 102 Å². The van der Waals surface area contributed by atoms with E-state index in [1.807, 2.05) is 37.3 Å². The van der Waals surface area contributed by atoms with Gasteiger partial charge in [-0.05, 0) is 37.1 Å². The molecular formula is C15H17NO. The van der Waals surface area contributed by atoms with E-state index in [0.717, 1.165) is 17.0 Å². The minimum absolute atomic E-state index is 0.656. The first-order valence-electron chi connectivity index (χ1n) is 5.80. The fraction of sp³-hybridized carbons (Fsp3) is 0.200. The molecule has 17 heavy (non-hydrogen) atoms. The first-order valence-corrected chi connectivity index (χ1v) is 5.80. The molecule has 2 N–H and O–H groups in total. The van der Waals surface area contributed by atoms with Crippen LogP contribution in [0.1, 0.15) is 12.5 Å². The molecule has 0 saturated heterocycles. The zero-order chi connectivity index (χ0) is 12.3. The van der Waals surface area contributed by atoms with E-state index in [4.69, 9.17) is 10.5 Å². The monoisotopic (exact) mass is 227 g/mol. The maximum Gasteiger partial charge on any atom is 0.121 e. The number of nitrogens with two attached hydrogens (primary N) is 1. The van der Waals surface area contributed by atoms with Crippen molar-refractivity contribution >= 4 is 5.69 Å². The van der Waals surface area contributed by atoms with Crippen molar-refractivity contribution in [2.45, 2.75) is 13.8 Å². The lowest BCUT2D eigenvalue weighted by molar-refractivity contribution is 0.340. The lowest BCUT2D eigenvalue weighted by Gasteiger charge is -2.11. The summed E-state index contributed by atoms with van der Waals surface area (Å²) in [5, 5.41) is 0. The number of nitrogen functional groups attached to an aromatic ring is 1. The Morgan fingerprint density at radius 1 is 1.06 bits per heavy atom. The third kappa shape index (κ3) is 2.41. The first-order chi connectivity index (χ1) is 8.22. The molecule has 0 saturated carbocycles. The molecule has 0 spiro atoms. The molecule has 0 heterocycles. The van der Waals surface area contributed by atoms with Gasteiger partial charge >= 0.3 is 0 Å². The second-order valence-electron chi connectivity index (χ2n) is 4.00. The predicted octanol–water partition coefficient (Wildman–Crippen LogP) is 3.64. The van der Waals surface area contributed by atoms with Crippen molar-refractivity contribution in [3.05, 3.63) is 48.0 Å². The van der Waals surface area contributed by atoms with E-state index in [1.54, 1.807) is 0 Å². The zero-order valence-electron chi connectivity index (χ0n) is 10.2. The van der Waals surface area contributed by atoms with Crippen LogP contribution in [-0.2, 0) is 0 Å². The number of benzene rings is 2. The largest absolute Gasteiger partial charge is 0.494 e. The average molecular weight is 227 g/mol. The second-order valence-corrected chi connectivity index (χ2v) is 4.00. The molecule has 2 aromatic rings. The third-order valence-corrected chi connectivity index (χ3v) is 2.77. The topological polar surface area (TPSA) is 35.2 Å². The Hall–Kier alpha value is -1.96. The highest BCUT2D eigenvalue weighted by Gasteiger charge is 2.06. The van der Waals surface area contributed by atoms with Crippen molar-refractivity contribution < 1.29 is 4.74 Å². The number of anilines is 1. The number of hydrogen-bond acceptors (Lipinski definition) is 2. The van der Waals surface area contributed by atoms with Gasteiger partial charge in [-0.25, -0.2) is 0 Å². The number of aryl methyl sites for hydroxylation is 1. The van der Waals surface area contributed by atoms with E-state index in [2.05, 4.69) is 19.1 Å². The summed E-state index contributed by atoms with van der Waals surface area (Å²) in [6, 6.07) is 14.1. The predicted molar refractivity (Wildman–Crippen MR) is 72.2 cm³/mol. The molecule has 0 aliphatic heterocycles. The zero-order valence-corrected chi connectivity index (χ0v) is 10.2. The van der Waals surface area contributed by atoms with Gasteiger partial charge in [-0.3, -0.25) is 0 Å². The maximum absolute atomic E-state index is 6.07. The second kappa shape index (κ2) is 4.91. The van der Waals surface area contributed by atoms with Crippen LogP contribution in [0, 0.1) is 6.92 Å². The smallest absolute Gasteiger partial charge is 0.121 e. The van der Waals surface area contributed by atoms with Gasteiger partial charge in [0.1, 0.15) is 5.75 Å². The molecule has 0 radical (unpaired) electrons. The third-order valence-electron chi connectivity index (χ3n) is 2.77. The van der Waals surface area contributed by atoms with E-state index in [-0.39, 0.29) is 0 Å². The Morgan fingerprint density at radius 3 is 2.47 bits per heavy atom. The van der Waals surface area contributed by atoms with Crippen LogP contribution in [0.4, 0.5) is 5.69 Å². The molecule has 2 aromatic carbocycles. The van der Waals surface area contributed by atoms with Gasteiger partial charge in [0, 0.05) is 17.3 Å². The molecule has 0 fully saturated rings. The fourth-order valence-electron chi connectivity index (χ4n) is 1.92. The van der Waals surface area contributed by atoms with Crippen LogP contribution in [0.5, 0.6) is 5.75 Å². The summed E-state index contributed by atoms with van der Waals surface area (Å²) in [7, 11) is 0. The van der Waals surface area contributed by atoms with E-state index in [9.17, 15) is 0 Å². The van der Waals surface area contributed by atoms with E-state index in [1.165, 1.54) is 11.1 Å². The van der Waals surface area contributed by atoms with Gasteiger partial charge in [0.05, 0.1) is 6.61 Å². The molecule has 0 bridgehead atoms. The summed E-state index contributed by atoms with van der Waals surface area (Å²) in [5.74, 6) is 0.822. The SMILES string of the molecule is CCOc1ccc(-c2ccccc2C)c(N)c1. The standard InChI is InChI=1S/C15H17NO/c1-3-17-12-8-9-14(15(16)10-12)13-7-5-4-6-11(13)2/h4-10H,3,16H2,1-2H3. The van der Waals surface area contributed by atoms with Crippen LogP contribution >= 0.6 is 0 Å². The molecule has 0 aromatic heterocycles. The minimum Gasteiger partial charge on any atom is -0.494 e. The van der Waals surface area contributed by atoms with E-state index >= 15 is 0 Å². The highest BCUT2D eigenvalue weighted by atomic mass is 16.5. The molecule has 0 unspecified atom stereocenters. The van der Waals surface area contributed by atoms with Crippen molar-refractivity contribution in [3.8, 4) is 16.9 Å². The summed E-state index contributed by atoms with van der Waals surface area (Å²) in [6.07, 6.45) is 0. The Kier molecular flexibility index (Phi) is 3.33. The van der Waals surface area contributed by atoms with Crippen LogP contribution < -0.4 is 10.5 Å². The molecule has 0 amide bonds. The highest BCUT2D eigenvalue weighted by molar-refractivity contribution is 5.79. The Morgan fingerprint density at radius 2 is 1.82 bits per heavy atom. The van der Waals surface area contributed by atoms with Gasteiger partial charge in [-0.1, -0.05) is 24.3 Å². The van der Waals surface area contributed by atoms with Crippen molar-refractivity contribution in [2.75, 3.05) is 12.3 Å². The average Bonchev–Trinajstić information content (AvgIpc) is 2.31. The van der Waals surface area contributed by atoms with Gasteiger partial charge in [-0.15, -0.1) is 0 Å². The Bertz CT molecular complexity index is 520. The molecule has 0 atom stereocenters. The van der Waals surface area contributed by atoms with Crippen LogP contribution in [0.15, 0.2) is 42.5 Å². The highest BCUT2D eigenvalue weighted by Crippen LogP contribution is 2.31. The number of rotatable bonds is 3. The molecule has 0 aliphatic rings. The van der Waals surface area contributed by atoms with E-state index < -0.39 is 0 Å². The van der Waals surface area contributed by atoms with Gasteiger partial charge in [-0.2, -0.15) is 0 Å². The number of ether oxygens (including phenoxy) is 1. The summed E-state index contributed by atoms with van der Waals surface area (Å²) in [4.78, 5) is 0. The van der Waals surface area contributed by atoms with Crippen molar-refractivity contribution in [1.82, 2.24) is 0 Å². The molecule has 0 aliphatic carbocycles. The van der Waals surface area contributed by atoms with Gasteiger partial charge in [0.15, 0.2) is 0 Å². The number of hydrogen-bond donors (Lipinski definition) is 1. The fourth-order valence-corrected chi connectivity index (χ4v) is 1.92. The molecule has 2 heteroatoms. The molecule has 2 nitrogen and oxygen atoms in total. The minimum atomic E-state index is 0.656. The Balaban J connectivity index is 2.44. The summed E-state index contributed by atoms with van der Waals surface area (Å²) >= 11 is 0. The maximum atomic E-state index is 6.07. The van der Waals surface area contributed by atoms with Crippen LogP contribution in [0.3, 0.4) is 0 Å². The lowest BCUT2D eigenvalue weighted by Crippen LogP contribution is -1.95. The quantitative estimate of drug-likeness (QED) is 0.812. The normalized spacial score (nSPS) is 10.2. The van der Waals surface area contributed by atoms with Gasteiger partial charge < -0.3 is 10.5 Å². The van der Waals surface area contributed by atoms with Crippen LogP contribution in [0.2, 0.25) is 0 Å². The lowest BCUT2D eigenvalue weighted by atomic mass is 9.99. The van der Waals surface area contributed by atoms with Crippen molar-refractivity contribution in [3.63, 3.8) is 0 Å². The van der Waals surface area contributed by atoms with Crippen molar-refractivity contribution in [1.29, 1.82) is 0 Å². The van der Waals surface area contributed by atoms with Crippen molar-refractivity contribution in [2.24, 2.45) is 0 Å².